The third kappa shape index (κ3) is 3.30. The van der Waals surface area contributed by atoms with Gasteiger partial charge in [0.1, 0.15) is 12.4 Å². The summed E-state index contributed by atoms with van der Waals surface area (Å²) in [4.78, 5) is 0. The normalized spacial score (nSPS) is 10.6. The highest BCUT2D eigenvalue weighted by molar-refractivity contribution is 5.28. The number of hydrogen-bond acceptors (Lipinski definition) is 2. The lowest BCUT2D eigenvalue weighted by atomic mass is 10.2. The molecule has 70 valence electrons. The van der Waals surface area contributed by atoms with Gasteiger partial charge in [-0.05, 0) is 24.6 Å². The first kappa shape index (κ1) is 9.81. The minimum Gasteiger partial charge on any atom is -0.490 e. The van der Waals surface area contributed by atoms with E-state index in [0.29, 0.717) is 13.2 Å². The minimum atomic E-state index is 0.556. The van der Waals surface area contributed by atoms with E-state index in [4.69, 9.17) is 10.5 Å². The lowest BCUT2D eigenvalue weighted by Gasteiger charge is -2.04. The lowest BCUT2D eigenvalue weighted by molar-refractivity contribution is 0.362. The summed E-state index contributed by atoms with van der Waals surface area (Å²) in [6.45, 7) is 3.14. The molecule has 0 bridgehead atoms. The summed E-state index contributed by atoms with van der Waals surface area (Å²) >= 11 is 0. The highest BCUT2D eigenvalue weighted by Gasteiger charge is 1.93. The molecule has 0 aliphatic rings. The average molecular weight is 177 g/mol. The van der Waals surface area contributed by atoms with Crippen LogP contribution in [0.4, 0.5) is 0 Å². The van der Waals surface area contributed by atoms with Crippen LogP contribution in [0.25, 0.3) is 0 Å². The topological polar surface area (TPSA) is 35.2 Å². The van der Waals surface area contributed by atoms with Crippen LogP contribution in [0.2, 0.25) is 0 Å². The summed E-state index contributed by atoms with van der Waals surface area (Å²) in [5.41, 5.74) is 6.60. The summed E-state index contributed by atoms with van der Waals surface area (Å²) in [7, 11) is 0. The van der Waals surface area contributed by atoms with Crippen molar-refractivity contribution in [3.05, 3.63) is 42.0 Å². The molecular weight excluding hydrogens is 162 g/mol. The molecule has 0 aromatic heterocycles. The molecule has 0 amide bonds. The van der Waals surface area contributed by atoms with Gasteiger partial charge in [-0.1, -0.05) is 24.3 Å². The van der Waals surface area contributed by atoms with Crippen molar-refractivity contribution < 1.29 is 4.74 Å². The highest BCUT2D eigenvalue weighted by atomic mass is 16.5. The molecule has 0 fully saturated rings. The second kappa shape index (κ2) is 5.38. The van der Waals surface area contributed by atoms with Gasteiger partial charge in [-0.3, -0.25) is 0 Å². The van der Waals surface area contributed by atoms with Crippen molar-refractivity contribution in [3.63, 3.8) is 0 Å². The Morgan fingerprint density at radius 3 is 3.00 bits per heavy atom. The number of benzene rings is 1. The number of allylic oxidation sites excluding steroid dienone is 1. The summed E-state index contributed by atoms with van der Waals surface area (Å²) in [5, 5.41) is 0. The van der Waals surface area contributed by atoms with Gasteiger partial charge in [-0.2, -0.15) is 0 Å². The molecule has 0 unspecified atom stereocenters. The van der Waals surface area contributed by atoms with Gasteiger partial charge in [-0.25, -0.2) is 0 Å². The van der Waals surface area contributed by atoms with E-state index in [1.54, 1.807) is 0 Å². The van der Waals surface area contributed by atoms with Crippen LogP contribution in [-0.2, 0) is 6.54 Å². The molecule has 0 heterocycles. The fourth-order valence-corrected chi connectivity index (χ4v) is 1.00. The van der Waals surface area contributed by atoms with Crippen LogP contribution in [0.5, 0.6) is 5.75 Å². The van der Waals surface area contributed by atoms with Gasteiger partial charge in [0, 0.05) is 6.54 Å². The van der Waals surface area contributed by atoms with Crippen LogP contribution in [0, 0.1) is 0 Å². The molecule has 1 aromatic rings. The van der Waals surface area contributed by atoms with Crippen molar-refractivity contribution in [3.8, 4) is 5.75 Å². The van der Waals surface area contributed by atoms with E-state index in [0.717, 1.165) is 11.3 Å². The smallest absolute Gasteiger partial charge is 0.120 e. The van der Waals surface area contributed by atoms with Gasteiger partial charge in [0.25, 0.3) is 0 Å². The van der Waals surface area contributed by atoms with E-state index in [1.165, 1.54) is 0 Å². The van der Waals surface area contributed by atoms with Crippen LogP contribution in [-0.4, -0.2) is 6.61 Å². The molecule has 0 saturated heterocycles. The van der Waals surface area contributed by atoms with Crippen LogP contribution in [0.1, 0.15) is 12.5 Å². The summed E-state index contributed by atoms with van der Waals surface area (Å²) < 4.78 is 5.45. The van der Waals surface area contributed by atoms with E-state index >= 15 is 0 Å². The first-order valence-corrected chi connectivity index (χ1v) is 4.39. The first-order valence-electron chi connectivity index (χ1n) is 4.39. The van der Waals surface area contributed by atoms with Crippen molar-refractivity contribution in [1.82, 2.24) is 0 Å². The maximum Gasteiger partial charge on any atom is 0.120 e. The Hall–Kier alpha value is -1.28. The Bertz CT molecular complexity index is 281. The maximum atomic E-state index is 5.50. The molecular formula is C11H15NO. The van der Waals surface area contributed by atoms with E-state index in [-0.39, 0.29) is 0 Å². The first-order chi connectivity index (χ1) is 6.36. The monoisotopic (exact) mass is 177 g/mol. The van der Waals surface area contributed by atoms with E-state index in [9.17, 15) is 0 Å². The van der Waals surface area contributed by atoms with Crippen molar-refractivity contribution in [2.45, 2.75) is 13.5 Å². The molecule has 0 aliphatic carbocycles. The zero-order valence-corrected chi connectivity index (χ0v) is 7.86. The molecule has 0 radical (unpaired) electrons. The predicted octanol–water partition coefficient (Wildman–Crippen LogP) is 2.10. The van der Waals surface area contributed by atoms with Gasteiger partial charge in [0.15, 0.2) is 0 Å². The Morgan fingerprint density at radius 1 is 1.46 bits per heavy atom. The molecule has 0 saturated carbocycles. The standard InChI is InChI=1S/C11H15NO/c1-2-3-7-13-11-6-4-5-10(8-11)9-12/h2-6,8H,7,9,12H2,1H3. The van der Waals surface area contributed by atoms with E-state index in [2.05, 4.69) is 0 Å². The van der Waals surface area contributed by atoms with Crippen LogP contribution in [0.15, 0.2) is 36.4 Å². The predicted molar refractivity (Wildman–Crippen MR) is 54.6 cm³/mol. The highest BCUT2D eigenvalue weighted by Crippen LogP contribution is 2.12. The second-order valence-corrected chi connectivity index (χ2v) is 2.73. The molecule has 0 spiro atoms. The molecule has 2 heteroatoms. The minimum absolute atomic E-state index is 0.556. The van der Waals surface area contributed by atoms with Crippen LogP contribution >= 0.6 is 0 Å². The number of rotatable bonds is 4. The van der Waals surface area contributed by atoms with E-state index < -0.39 is 0 Å². The zero-order valence-electron chi connectivity index (χ0n) is 7.86. The summed E-state index contributed by atoms with van der Waals surface area (Å²) in [6, 6.07) is 7.84. The van der Waals surface area contributed by atoms with Crippen molar-refractivity contribution in [2.75, 3.05) is 6.61 Å². The average Bonchev–Trinajstić information content (AvgIpc) is 2.19. The maximum absolute atomic E-state index is 5.50. The fourth-order valence-electron chi connectivity index (χ4n) is 1.00. The van der Waals surface area contributed by atoms with Gasteiger partial charge in [-0.15, -0.1) is 0 Å². The van der Waals surface area contributed by atoms with Crippen molar-refractivity contribution in [1.29, 1.82) is 0 Å². The Kier molecular flexibility index (Phi) is 4.06. The number of ether oxygens (including phenoxy) is 1. The summed E-state index contributed by atoms with van der Waals surface area (Å²) in [5.74, 6) is 0.876. The van der Waals surface area contributed by atoms with Crippen LogP contribution in [0.3, 0.4) is 0 Å². The van der Waals surface area contributed by atoms with Crippen molar-refractivity contribution >= 4 is 0 Å². The largest absolute Gasteiger partial charge is 0.490 e. The quantitative estimate of drug-likeness (QED) is 0.715. The third-order valence-corrected chi connectivity index (χ3v) is 1.72. The van der Waals surface area contributed by atoms with Gasteiger partial charge in [0.2, 0.25) is 0 Å². The van der Waals surface area contributed by atoms with Gasteiger partial charge >= 0.3 is 0 Å². The van der Waals surface area contributed by atoms with Crippen LogP contribution < -0.4 is 10.5 Å². The second-order valence-electron chi connectivity index (χ2n) is 2.73. The van der Waals surface area contributed by atoms with Gasteiger partial charge in [0.05, 0.1) is 0 Å². The molecule has 0 atom stereocenters. The molecule has 1 rings (SSSR count). The Balaban J connectivity index is 2.56. The molecule has 13 heavy (non-hydrogen) atoms. The lowest BCUT2D eigenvalue weighted by Crippen LogP contribution is -1.98. The zero-order chi connectivity index (χ0) is 9.52. The summed E-state index contributed by atoms with van der Waals surface area (Å²) in [6.07, 6.45) is 3.93. The SMILES string of the molecule is CC=CCOc1cccc(CN)c1. The van der Waals surface area contributed by atoms with E-state index in [1.807, 2.05) is 43.3 Å². The van der Waals surface area contributed by atoms with Gasteiger partial charge < -0.3 is 10.5 Å². The third-order valence-electron chi connectivity index (χ3n) is 1.72. The number of hydrogen-bond donors (Lipinski definition) is 1. The molecule has 2 N–H and O–H groups in total. The molecule has 1 aromatic carbocycles. The Labute approximate surface area is 79.0 Å². The number of nitrogens with two attached hydrogens (primary N) is 1. The molecule has 0 aliphatic heterocycles. The Morgan fingerprint density at radius 2 is 2.31 bits per heavy atom. The molecule has 2 nitrogen and oxygen atoms in total. The van der Waals surface area contributed by atoms with Crippen molar-refractivity contribution in [2.24, 2.45) is 5.73 Å². The fraction of sp³-hybridized carbons (Fsp3) is 0.273.